The fourth-order valence-corrected chi connectivity index (χ4v) is 3.15. The Hall–Kier alpha value is -4.42. The second-order valence-corrected chi connectivity index (χ2v) is 8.73. The highest BCUT2D eigenvalue weighted by Gasteiger charge is 2.38. The zero-order valence-electron chi connectivity index (χ0n) is 19.4. The first-order chi connectivity index (χ1) is 16.9. The third-order valence-electron chi connectivity index (χ3n) is 4.64. The van der Waals surface area contributed by atoms with E-state index < -0.39 is 29.7 Å². The minimum Gasteiger partial charge on any atom is -0.444 e. The van der Waals surface area contributed by atoms with Crippen LogP contribution in [0.5, 0.6) is 0 Å². The number of nitrogens with one attached hydrogen (secondary N) is 3. The quantitative estimate of drug-likeness (QED) is 0.353. The van der Waals surface area contributed by atoms with Crippen LogP contribution in [-0.2, 0) is 17.5 Å². The average Bonchev–Trinajstić information content (AvgIpc) is 3.43. The summed E-state index contributed by atoms with van der Waals surface area (Å²) in [5.41, 5.74) is 1.43. The number of alkyl halides is 3. The van der Waals surface area contributed by atoms with Crippen molar-refractivity contribution in [1.82, 2.24) is 25.4 Å². The number of ether oxygens (including phenoxy) is 1. The van der Waals surface area contributed by atoms with Crippen LogP contribution in [0.1, 0.15) is 42.8 Å². The lowest BCUT2D eigenvalue weighted by molar-refractivity contribution is -0.159. The molecule has 4 aromatic rings. The molecule has 4 rings (SSSR count). The molecule has 3 N–H and O–H groups in total. The van der Waals surface area contributed by atoms with Crippen LogP contribution in [0, 0.1) is 0 Å². The standard InChI is InChI=1S/C23H21F3N6O4/c1-22(2,3)35-21(34)27-11-17-29-15-8-7-14(10-16(15)30-17)28-19(33)13-6-4-5-12(9-13)18-31-20(36-32-18)23(24,25)26/h4-10H,11H2,1-3H3,(H,27,34)(H,28,33)(H,29,30). The first-order valence-corrected chi connectivity index (χ1v) is 10.7. The van der Waals surface area contributed by atoms with Crippen molar-refractivity contribution in [2.24, 2.45) is 0 Å². The molecule has 188 valence electrons. The second kappa shape index (κ2) is 9.32. The van der Waals surface area contributed by atoms with Crippen LogP contribution in [0.4, 0.5) is 23.7 Å². The van der Waals surface area contributed by atoms with Crippen LogP contribution in [0.25, 0.3) is 22.4 Å². The van der Waals surface area contributed by atoms with Gasteiger partial charge in [0.25, 0.3) is 5.91 Å². The Morgan fingerprint density at radius 2 is 1.86 bits per heavy atom. The number of amides is 2. The maximum Gasteiger partial charge on any atom is 0.471 e. The maximum absolute atomic E-state index is 12.8. The highest BCUT2D eigenvalue weighted by atomic mass is 19.4. The van der Waals surface area contributed by atoms with Gasteiger partial charge < -0.3 is 24.9 Å². The number of aromatic nitrogens is 4. The molecule has 0 aliphatic carbocycles. The van der Waals surface area contributed by atoms with Gasteiger partial charge in [-0.25, -0.2) is 9.78 Å². The van der Waals surface area contributed by atoms with Crippen molar-refractivity contribution < 1.29 is 32.0 Å². The predicted octanol–water partition coefficient (Wildman–Crippen LogP) is 4.91. The lowest BCUT2D eigenvalue weighted by atomic mass is 10.1. The van der Waals surface area contributed by atoms with Crippen LogP contribution >= 0.6 is 0 Å². The number of fused-ring (bicyclic) bond motifs is 1. The molecular formula is C23H21F3N6O4. The van der Waals surface area contributed by atoms with Gasteiger partial charge in [-0.2, -0.15) is 18.2 Å². The van der Waals surface area contributed by atoms with Gasteiger partial charge in [0.1, 0.15) is 11.4 Å². The number of nitrogens with zero attached hydrogens (tertiary/aromatic N) is 3. The van der Waals surface area contributed by atoms with Gasteiger partial charge in [-0.05, 0) is 51.1 Å². The highest BCUT2D eigenvalue weighted by Crippen LogP contribution is 2.29. The SMILES string of the molecule is CC(C)(C)OC(=O)NCc1nc2ccc(NC(=O)c3cccc(-c4noc(C(F)(F)F)n4)c3)cc2[nH]1. The molecule has 0 unspecified atom stereocenters. The maximum atomic E-state index is 12.8. The van der Waals surface area contributed by atoms with Gasteiger partial charge in [-0.3, -0.25) is 4.79 Å². The number of imidazole rings is 1. The van der Waals surface area contributed by atoms with Crippen LogP contribution in [-0.4, -0.2) is 37.7 Å². The smallest absolute Gasteiger partial charge is 0.444 e. The Bertz CT molecular complexity index is 1420. The van der Waals surface area contributed by atoms with E-state index >= 15 is 0 Å². The highest BCUT2D eigenvalue weighted by molar-refractivity contribution is 6.05. The molecule has 2 aromatic heterocycles. The fraction of sp³-hybridized carbons (Fsp3) is 0.261. The predicted molar refractivity (Wildman–Crippen MR) is 122 cm³/mol. The summed E-state index contributed by atoms with van der Waals surface area (Å²) < 4.78 is 47.6. The van der Waals surface area contributed by atoms with Gasteiger partial charge in [0.2, 0.25) is 5.82 Å². The molecule has 0 aliphatic heterocycles. The molecule has 10 nitrogen and oxygen atoms in total. The van der Waals surface area contributed by atoms with Gasteiger partial charge in [0.05, 0.1) is 17.6 Å². The van der Waals surface area contributed by atoms with Crippen LogP contribution in [0.15, 0.2) is 47.0 Å². The molecule has 0 atom stereocenters. The van der Waals surface area contributed by atoms with E-state index in [1.54, 1.807) is 39.0 Å². The summed E-state index contributed by atoms with van der Waals surface area (Å²) in [5, 5.41) is 8.67. The van der Waals surface area contributed by atoms with Crippen molar-refractivity contribution in [1.29, 1.82) is 0 Å². The van der Waals surface area contributed by atoms with E-state index in [-0.39, 0.29) is 23.5 Å². The lowest BCUT2D eigenvalue weighted by Crippen LogP contribution is -2.32. The lowest BCUT2D eigenvalue weighted by Gasteiger charge is -2.19. The van der Waals surface area contributed by atoms with E-state index in [1.165, 1.54) is 24.3 Å². The van der Waals surface area contributed by atoms with Crippen molar-refractivity contribution in [3.8, 4) is 11.4 Å². The number of aromatic amines is 1. The normalized spacial score (nSPS) is 11.9. The number of carbonyl (C=O) groups is 2. The third-order valence-corrected chi connectivity index (χ3v) is 4.64. The summed E-state index contributed by atoms with van der Waals surface area (Å²) in [5.74, 6) is -1.77. The molecule has 2 heterocycles. The number of hydrogen-bond acceptors (Lipinski definition) is 7. The molecule has 13 heteroatoms. The Morgan fingerprint density at radius 3 is 2.56 bits per heavy atom. The number of carbonyl (C=O) groups excluding carboxylic acids is 2. The van der Waals surface area contributed by atoms with Crippen molar-refractivity contribution in [3.63, 3.8) is 0 Å². The monoisotopic (exact) mass is 502 g/mol. The number of halogens is 3. The molecule has 0 aliphatic rings. The number of rotatable bonds is 5. The minimum atomic E-state index is -4.77. The summed E-state index contributed by atoms with van der Waals surface area (Å²) in [7, 11) is 0. The van der Waals surface area contributed by atoms with E-state index in [4.69, 9.17) is 4.74 Å². The Labute approximate surface area is 202 Å². The first kappa shape index (κ1) is 24.7. The molecule has 2 amide bonds. The van der Waals surface area contributed by atoms with Gasteiger partial charge in [-0.1, -0.05) is 17.3 Å². The molecule has 2 aromatic carbocycles. The number of alkyl carbamates (subject to hydrolysis) is 1. The third kappa shape index (κ3) is 5.98. The number of anilines is 1. The zero-order chi connectivity index (χ0) is 26.1. The Balaban J connectivity index is 1.44. The average molecular weight is 502 g/mol. The molecule has 0 bridgehead atoms. The van der Waals surface area contributed by atoms with Crippen LogP contribution in [0.2, 0.25) is 0 Å². The van der Waals surface area contributed by atoms with Crippen molar-refractivity contribution in [3.05, 3.63) is 59.7 Å². The number of hydrogen-bond donors (Lipinski definition) is 3. The summed E-state index contributed by atoms with van der Waals surface area (Å²) in [6.45, 7) is 5.39. The zero-order valence-corrected chi connectivity index (χ0v) is 19.4. The van der Waals surface area contributed by atoms with Gasteiger partial charge in [0.15, 0.2) is 0 Å². The van der Waals surface area contributed by atoms with Crippen molar-refractivity contribution in [2.75, 3.05) is 5.32 Å². The molecule has 36 heavy (non-hydrogen) atoms. The summed E-state index contributed by atoms with van der Waals surface area (Å²) in [4.78, 5) is 35.4. The van der Waals surface area contributed by atoms with Gasteiger partial charge >= 0.3 is 18.2 Å². The Morgan fingerprint density at radius 1 is 1.08 bits per heavy atom. The molecular weight excluding hydrogens is 481 g/mol. The van der Waals surface area contributed by atoms with Crippen LogP contribution < -0.4 is 10.6 Å². The van der Waals surface area contributed by atoms with E-state index in [0.29, 0.717) is 22.5 Å². The summed E-state index contributed by atoms with van der Waals surface area (Å²) in [6.07, 6.45) is -5.34. The molecule has 0 saturated carbocycles. The van der Waals surface area contributed by atoms with Gasteiger partial charge in [-0.15, -0.1) is 0 Å². The number of H-pyrrole nitrogens is 1. The van der Waals surface area contributed by atoms with Crippen molar-refractivity contribution >= 4 is 28.7 Å². The van der Waals surface area contributed by atoms with Crippen molar-refractivity contribution in [2.45, 2.75) is 39.1 Å². The Kier molecular flexibility index (Phi) is 6.39. The number of benzene rings is 2. The van der Waals surface area contributed by atoms with E-state index in [9.17, 15) is 22.8 Å². The summed E-state index contributed by atoms with van der Waals surface area (Å²) >= 11 is 0. The molecule has 0 saturated heterocycles. The topological polar surface area (TPSA) is 135 Å². The molecule has 0 fully saturated rings. The summed E-state index contributed by atoms with van der Waals surface area (Å²) in [6, 6.07) is 10.8. The van der Waals surface area contributed by atoms with E-state index in [2.05, 4.69) is 35.3 Å². The largest absolute Gasteiger partial charge is 0.471 e. The molecule has 0 radical (unpaired) electrons. The second-order valence-electron chi connectivity index (χ2n) is 8.73. The minimum absolute atomic E-state index is 0.115. The van der Waals surface area contributed by atoms with E-state index in [1.807, 2.05) is 0 Å². The fourth-order valence-electron chi connectivity index (χ4n) is 3.15. The molecule has 0 spiro atoms. The van der Waals surface area contributed by atoms with Crippen LogP contribution in [0.3, 0.4) is 0 Å². The first-order valence-electron chi connectivity index (χ1n) is 10.7. The van der Waals surface area contributed by atoms with E-state index in [0.717, 1.165) is 0 Å². The van der Waals surface area contributed by atoms with Gasteiger partial charge in [0, 0.05) is 16.8 Å².